The molecule has 2 aliphatic heterocycles. The van der Waals surface area contributed by atoms with Crippen LogP contribution in [0.1, 0.15) is 6.42 Å². The van der Waals surface area contributed by atoms with E-state index in [1.54, 1.807) is 5.57 Å². The van der Waals surface area contributed by atoms with Gasteiger partial charge in [-0.25, -0.2) is 0 Å². The van der Waals surface area contributed by atoms with Crippen molar-refractivity contribution in [3.63, 3.8) is 0 Å². The van der Waals surface area contributed by atoms with E-state index < -0.39 is 0 Å². The number of dihydropyridines is 1. The molecule has 2 aliphatic rings. The molecule has 1 nitrogen and oxygen atoms in total. The summed E-state index contributed by atoms with van der Waals surface area (Å²) in [7, 11) is 0. The van der Waals surface area contributed by atoms with E-state index >= 15 is 0 Å². The average Bonchev–Trinajstić information content (AvgIpc) is 2.33. The molecule has 0 aromatic heterocycles. The third-order valence-corrected chi connectivity index (χ3v) is 2.82. The van der Waals surface area contributed by atoms with Crippen LogP contribution < -0.4 is 5.32 Å². The molecule has 0 fully saturated rings. The quantitative estimate of drug-likeness (QED) is 0.545. The summed E-state index contributed by atoms with van der Waals surface area (Å²) in [5, 5.41) is 3.20. The molecule has 0 saturated carbocycles. The topological polar surface area (TPSA) is 12.0 Å². The van der Waals surface area contributed by atoms with E-state index in [0.717, 1.165) is 6.54 Å². The van der Waals surface area contributed by atoms with Crippen molar-refractivity contribution in [3.05, 3.63) is 22.8 Å². The summed E-state index contributed by atoms with van der Waals surface area (Å²) in [4.78, 5) is 1.51. The van der Waals surface area contributed by atoms with Gasteiger partial charge in [-0.1, -0.05) is 0 Å². The van der Waals surface area contributed by atoms with Crippen LogP contribution >= 0.6 is 11.8 Å². The van der Waals surface area contributed by atoms with Crippen molar-refractivity contribution in [1.82, 2.24) is 5.32 Å². The molecular weight excluding hydrogens is 130 g/mol. The van der Waals surface area contributed by atoms with Crippen molar-refractivity contribution >= 4 is 11.8 Å². The summed E-state index contributed by atoms with van der Waals surface area (Å²) in [6.07, 6.45) is 5.50. The van der Waals surface area contributed by atoms with Crippen molar-refractivity contribution in [2.24, 2.45) is 0 Å². The fraction of sp³-hybridized carbons (Fsp3) is 0.429. The Morgan fingerprint density at radius 1 is 1.56 bits per heavy atom. The minimum absolute atomic E-state index is 1.08. The van der Waals surface area contributed by atoms with E-state index in [-0.39, 0.29) is 0 Å². The van der Waals surface area contributed by atoms with E-state index in [2.05, 4.69) is 11.4 Å². The minimum Gasteiger partial charge on any atom is -0.387 e. The van der Waals surface area contributed by atoms with Crippen LogP contribution in [-0.4, -0.2) is 12.3 Å². The summed E-state index contributed by atoms with van der Waals surface area (Å²) in [5.41, 5.74) is 1.60. The predicted molar refractivity (Wildman–Crippen MR) is 41.2 cm³/mol. The number of rotatable bonds is 0. The van der Waals surface area contributed by atoms with Gasteiger partial charge in [-0.2, -0.15) is 0 Å². The Hall–Kier alpha value is -0.370. The Bertz CT molecular complexity index is 181. The van der Waals surface area contributed by atoms with Crippen LogP contribution in [0, 0.1) is 0 Å². The first-order valence-corrected chi connectivity index (χ1v) is 4.20. The molecule has 0 spiro atoms. The largest absolute Gasteiger partial charge is 0.387 e. The zero-order valence-electron chi connectivity index (χ0n) is 5.18. The van der Waals surface area contributed by atoms with Crippen molar-refractivity contribution in [2.75, 3.05) is 12.3 Å². The van der Waals surface area contributed by atoms with E-state index in [1.807, 2.05) is 18.0 Å². The molecule has 0 atom stereocenters. The van der Waals surface area contributed by atoms with Crippen LogP contribution in [0.25, 0.3) is 0 Å². The number of hydrogen-bond donors (Lipinski definition) is 1. The zero-order valence-corrected chi connectivity index (χ0v) is 6.00. The molecule has 0 radical (unpaired) electrons. The van der Waals surface area contributed by atoms with Crippen molar-refractivity contribution in [3.8, 4) is 0 Å². The second-order valence-corrected chi connectivity index (χ2v) is 3.42. The van der Waals surface area contributed by atoms with Crippen molar-refractivity contribution in [1.29, 1.82) is 0 Å². The van der Waals surface area contributed by atoms with Gasteiger partial charge in [-0.3, -0.25) is 0 Å². The Morgan fingerprint density at radius 3 is 3.44 bits per heavy atom. The van der Waals surface area contributed by atoms with Gasteiger partial charge in [0, 0.05) is 17.2 Å². The summed E-state index contributed by atoms with van der Waals surface area (Å²) in [6.45, 7) is 1.08. The average molecular weight is 139 g/mol. The number of allylic oxidation sites excluding steroid dienone is 1. The van der Waals surface area contributed by atoms with Gasteiger partial charge >= 0.3 is 0 Å². The third-order valence-electron chi connectivity index (χ3n) is 1.68. The predicted octanol–water partition coefficient (Wildman–Crippen LogP) is 1.49. The molecule has 2 rings (SSSR count). The monoisotopic (exact) mass is 139 g/mol. The first kappa shape index (κ1) is 5.42. The number of nitrogens with one attached hydrogen (secondary N) is 1. The van der Waals surface area contributed by atoms with Gasteiger partial charge in [0.05, 0.1) is 0 Å². The standard InChI is InChI=1S/C7H9NS/c1-3-8-5-6-2-4-9-7(1)6/h1,3,8H,2,4-5H2. The summed E-state index contributed by atoms with van der Waals surface area (Å²) in [6, 6.07) is 0. The Morgan fingerprint density at radius 2 is 2.56 bits per heavy atom. The molecule has 2 heteroatoms. The van der Waals surface area contributed by atoms with Crippen molar-refractivity contribution < 1.29 is 0 Å². The highest BCUT2D eigenvalue weighted by molar-refractivity contribution is 8.03. The van der Waals surface area contributed by atoms with E-state index in [0.29, 0.717) is 0 Å². The highest BCUT2D eigenvalue weighted by atomic mass is 32.2. The van der Waals surface area contributed by atoms with Gasteiger partial charge < -0.3 is 5.32 Å². The molecular formula is C7H9NS. The van der Waals surface area contributed by atoms with Gasteiger partial charge in [0.25, 0.3) is 0 Å². The number of hydrogen-bond acceptors (Lipinski definition) is 2. The van der Waals surface area contributed by atoms with Gasteiger partial charge in [0.15, 0.2) is 0 Å². The summed E-state index contributed by atoms with van der Waals surface area (Å²) in [5.74, 6) is 1.29. The second-order valence-electron chi connectivity index (χ2n) is 2.28. The molecule has 0 unspecified atom stereocenters. The van der Waals surface area contributed by atoms with Crippen LogP contribution in [0.4, 0.5) is 0 Å². The summed E-state index contributed by atoms with van der Waals surface area (Å²) < 4.78 is 0. The van der Waals surface area contributed by atoms with Gasteiger partial charge in [0.1, 0.15) is 0 Å². The lowest BCUT2D eigenvalue weighted by atomic mass is 10.1. The molecule has 48 valence electrons. The lowest BCUT2D eigenvalue weighted by Gasteiger charge is -2.07. The molecule has 2 heterocycles. The van der Waals surface area contributed by atoms with E-state index in [9.17, 15) is 0 Å². The lowest BCUT2D eigenvalue weighted by molar-refractivity contribution is 0.883. The Kier molecular flexibility index (Phi) is 1.27. The molecule has 0 aromatic carbocycles. The van der Waals surface area contributed by atoms with Crippen LogP contribution in [0.3, 0.4) is 0 Å². The van der Waals surface area contributed by atoms with Crippen molar-refractivity contribution in [2.45, 2.75) is 6.42 Å². The molecule has 0 bridgehead atoms. The van der Waals surface area contributed by atoms with Crippen LogP contribution in [-0.2, 0) is 0 Å². The SMILES string of the molecule is C1=CC2=C(CCS2)CN1. The van der Waals surface area contributed by atoms with E-state index in [4.69, 9.17) is 0 Å². The fourth-order valence-electron chi connectivity index (χ4n) is 1.17. The maximum atomic E-state index is 3.20. The Labute approximate surface area is 59.2 Å². The highest BCUT2D eigenvalue weighted by Crippen LogP contribution is 2.32. The molecule has 0 aliphatic carbocycles. The third kappa shape index (κ3) is 0.874. The Balaban J connectivity index is 2.28. The first-order chi connectivity index (χ1) is 4.47. The normalized spacial score (nSPS) is 24.0. The summed E-state index contributed by atoms with van der Waals surface area (Å²) >= 11 is 1.98. The second kappa shape index (κ2) is 2.10. The minimum atomic E-state index is 1.08. The van der Waals surface area contributed by atoms with Crippen LogP contribution in [0.2, 0.25) is 0 Å². The smallest absolute Gasteiger partial charge is 0.0369 e. The van der Waals surface area contributed by atoms with Gasteiger partial charge in [0.2, 0.25) is 0 Å². The molecule has 9 heavy (non-hydrogen) atoms. The molecule has 1 N–H and O–H groups in total. The van der Waals surface area contributed by atoms with Gasteiger partial charge in [-0.15, -0.1) is 11.8 Å². The maximum Gasteiger partial charge on any atom is 0.0369 e. The number of thioether (sulfide) groups is 1. The molecule has 0 aromatic rings. The lowest BCUT2D eigenvalue weighted by Crippen LogP contribution is -2.12. The fourth-order valence-corrected chi connectivity index (χ4v) is 2.28. The van der Waals surface area contributed by atoms with E-state index in [1.165, 1.54) is 17.1 Å². The molecule has 0 amide bonds. The zero-order chi connectivity index (χ0) is 6.10. The van der Waals surface area contributed by atoms with Crippen LogP contribution in [0.15, 0.2) is 22.8 Å². The molecule has 0 saturated heterocycles. The maximum absolute atomic E-state index is 3.20. The highest BCUT2D eigenvalue weighted by Gasteiger charge is 2.13. The van der Waals surface area contributed by atoms with Crippen LogP contribution in [0.5, 0.6) is 0 Å². The first-order valence-electron chi connectivity index (χ1n) is 3.21. The van der Waals surface area contributed by atoms with Gasteiger partial charge in [-0.05, 0) is 24.3 Å².